The molecule has 13 N–H and O–H groups in total. The van der Waals surface area contributed by atoms with E-state index in [-0.39, 0.29) is 18.5 Å². The van der Waals surface area contributed by atoms with E-state index in [9.17, 15) is 14.4 Å². The van der Waals surface area contributed by atoms with E-state index in [1.165, 1.54) is 0 Å². The monoisotopic (exact) mass is 285 g/mol. The smallest absolute Gasteiger partial charge is 0.336 e. The van der Waals surface area contributed by atoms with Crippen molar-refractivity contribution in [1.29, 1.82) is 0 Å². The van der Waals surface area contributed by atoms with Gasteiger partial charge in [0.1, 0.15) is 0 Å². The Morgan fingerprint density at radius 3 is 1.32 bits per heavy atom. The summed E-state index contributed by atoms with van der Waals surface area (Å²) >= 11 is 0. The summed E-state index contributed by atoms with van der Waals surface area (Å²) < 4.78 is 0. The van der Waals surface area contributed by atoms with Gasteiger partial charge in [0, 0.05) is 0 Å². The number of rotatable bonds is 5. The van der Waals surface area contributed by atoms with Gasteiger partial charge >= 0.3 is 17.9 Å². The first-order chi connectivity index (χ1) is 7.19. The van der Waals surface area contributed by atoms with Crippen molar-refractivity contribution in [2.75, 3.05) is 0 Å². The molecule has 0 aliphatic rings. The molecule has 116 valence electrons. The van der Waals surface area contributed by atoms with Crippen LogP contribution in [-0.2, 0) is 14.4 Å². The number of carboxylic acid groups (broad SMARTS) is 3. The number of allylic oxidation sites excluding steroid dienone is 1. The van der Waals surface area contributed by atoms with Gasteiger partial charge in [-0.2, -0.15) is 0 Å². The number of carbonyl (C=O) groups is 3. The van der Waals surface area contributed by atoms with E-state index < -0.39 is 36.4 Å². The zero-order valence-corrected chi connectivity index (χ0v) is 10.8. The first-order valence-electron chi connectivity index (χ1n) is 4.16. The van der Waals surface area contributed by atoms with Crippen LogP contribution in [0.2, 0.25) is 0 Å². The predicted molar refractivity (Wildman–Crippen MR) is 68.0 cm³/mol. The zero-order chi connectivity index (χ0) is 13.4. The number of hydrogen-bond acceptors (Lipinski definition) is 7. The van der Waals surface area contributed by atoms with Crippen molar-refractivity contribution in [3.63, 3.8) is 0 Å². The maximum atomic E-state index is 10.3. The maximum Gasteiger partial charge on any atom is 0.336 e. The molecule has 0 aromatic rings. The van der Waals surface area contributed by atoms with Crippen LogP contribution >= 0.6 is 0 Å². The topological polar surface area (TPSA) is 237 Å². The van der Waals surface area contributed by atoms with Crippen LogP contribution in [0.25, 0.3) is 0 Å². The van der Waals surface area contributed by atoms with Gasteiger partial charge in [-0.15, -0.1) is 6.58 Å². The van der Waals surface area contributed by atoms with E-state index >= 15 is 0 Å². The molecule has 0 rings (SSSR count). The van der Waals surface area contributed by atoms with Crippen molar-refractivity contribution in [1.82, 2.24) is 18.5 Å². The molecule has 0 amide bonds. The van der Waals surface area contributed by atoms with Crippen molar-refractivity contribution in [3.8, 4) is 0 Å². The van der Waals surface area contributed by atoms with E-state index in [2.05, 4.69) is 6.58 Å². The lowest BCUT2D eigenvalue weighted by Crippen LogP contribution is -2.42. The number of carboxylic acids is 3. The van der Waals surface area contributed by atoms with E-state index in [0.29, 0.717) is 0 Å². The van der Waals surface area contributed by atoms with Gasteiger partial charge < -0.3 is 38.9 Å². The molecule has 0 aromatic heterocycles. The normalized spacial score (nSPS) is 8.11. The van der Waals surface area contributed by atoms with Gasteiger partial charge in [-0.1, -0.05) is 6.08 Å². The molecule has 0 unspecified atom stereocenters. The van der Waals surface area contributed by atoms with Crippen LogP contribution in [0.3, 0.4) is 0 Å². The molecule has 10 heteroatoms. The van der Waals surface area contributed by atoms with Gasteiger partial charge in [0.2, 0.25) is 0 Å². The van der Waals surface area contributed by atoms with Crippen LogP contribution in [0.4, 0.5) is 0 Å². The Balaban J connectivity index is -0.0000000992. The van der Waals surface area contributed by atoms with Crippen molar-refractivity contribution in [3.05, 3.63) is 12.7 Å². The second-order valence-electron chi connectivity index (χ2n) is 2.89. The molecule has 0 radical (unpaired) electrons. The summed E-state index contributed by atoms with van der Waals surface area (Å²) in [4.78, 5) is 30.5. The van der Waals surface area contributed by atoms with Crippen LogP contribution in [0, 0.1) is 0 Å². The highest BCUT2D eigenvalue weighted by Gasteiger charge is 2.40. The highest BCUT2D eigenvalue weighted by Crippen LogP contribution is 2.15. The second kappa shape index (κ2) is 14.1. The minimum atomic E-state index is -2.74. The summed E-state index contributed by atoms with van der Waals surface area (Å²) in [6.07, 6.45) is -0.538. The van der Waals surface area contributed by atoms with Crippen molar-refractivity contribution < 1.29 is 34.8 Å². The molecular weight excluding hydrogens is 262 g/mol. The Morgan fingerprint density at radius 2 is 1.21 bits per heavy atom. The van der Waals surface area contributed by atoms with Crippen LogP contribution in [0.5, 0.6) is 0 Å². The lowest BCUT2D eigenvalue weighted by molar-refractivity contribution is -0.170. The maximum absolute atomic E-state index is 10.3. The molecule has 0 bridgehead atoms. The van der Waals surface area contributed by atoms with E-state index in [1.54, 1.807) is 6.08 Å². The summed E-state index contributed by atoms with van der Waals surface area (Å²) in [6, 6.07) is 0. The molecule has 0 fully saturated rings. The minimum Gasteiger partial charge on any atom is -0.481 e. The van der Waals surface area contributed by atoms with Gasteiger partial charge in [-0.25, -0.2) is 4.79 Å². The molecule has 0 aliphatic carbocycles. The average Bonchev–Trinajstić information content (AvgIpc) is 2.01. The molecule has 0 saturated carbocycles. The highest BCUT2D eigenvalue weighted by atomic mass is 16.4. The van der Waals surface area contributed by atoms with Crippen molar-refractivity contribution in [2.45, 2.75) is 25.4 Å². The quantitative estimate of drug-likeness (QED) is 0.343. The zero-order valence-electron chi connectivity index (χ0n) is 10.8. The van der Waals surface area contributed by atoms with Gasteiger partial charge in [0.15, 0.2) is 5.60 Å². The lowest BCUT2D eigenvalue weighted by atomic mass is 9.96. The predicted octanol–water partition coefficient (Wildman–Crippen LogP) is 0.430. The van der Waals surface area contributed by atoms with Crippen molar-refractivity contribution in [2.24, 2.45) is 0 Å². The molecule has 0 heterocycles. The molecule has 0 spiro atoms. The Bertz CT molecular complexity index is 278. The first kappa shape index (κ1) is 30.2. The van der Waals surface area contributed by atoms with E-state index in [4.69, 9.17) is 20.4 Å². The summed E-state index contributed by atoms with van der Waals surface area (Å²) in [5.41, 5.74) is -2.74. The fourth-order valence-corrected chi connectivity index (χ4v) is 0.714. The van der Waals surface area contributed by atoms with E-state index in [1.807, 2.05) is 6.92 Å². The number of aliphatic hydroxyl groups is 1. The van der Waals surface area contributed by atoms with Gasteiger partial charge in [-0.05, 0) is 6.92 Å². The number of aliphatic carboxylic acids is 3. The standard InChI is InChI=1S/C6H8O7.C3H6.3H3N/c7-3(8)1-6(13,5(11)12)2-4(9)10;1-3-2;;;/h13H,1-2H2,(H,7,8)(H,9,10)(H,11,12);3H,1H2,2H3;3*1H3. The average molecular weight is 285 g/mol. The Labute approximate surface area is 110 Å². The van der Waals surface area contributed by atoms with E-state index in [0.717, 1.165) is 0 Å². The van der Waals surface area contributed by atoms with Crippen LogP contribution in [0.15, 0.2) is 12.7 Å². The Kier molecular flexibility index (Phi) is 22.3. The molecule has 0 atom stereocenters. The number of hydrogen-bond donors (Lipinski definition) is 7. The molecule has 10 nitrogen and oxygen atoms in total. The molecule has 0 aliphatic heterocycles. The highest BCUT2D eigenvalue weighted by molar-refractivity contribution is 5.88. The molecular formula is C9H23N3O7. The summed E-state index contributed by atoms with van der Waals surface area (Å²) in [5, 5.41) is 33.8. The van der Waals surface area contributed by atoms with Gasteiger partial charge in [0.05, 0.1) is 12.8 Å². The lowest BCUT2D eigenvalue weighted by Gasteiger charge is -2.18. The SMILES string of the molecule is C=CC.N.N.N.O=C(O)CC(O)(CC(=O)O)C(=O)O. The molecule has 0 saturated heterocycles. The summed E-state index contributed by atoms with van der Waals surface area (Å²) in [5.74, 6) is -5.02. The fraction of sp³-hybridized carbons (Fsp3) is 0.444. The summed E-state index contributed by atoms with van der Waals surface area (Å²) in [7, 11) is 0. The Hall–Kier alpha value is -2.01. The van der Waals surface area contributed by atoms with Gasteiger partial charge in [-0.3, -0.25) is 9.59 Å². The minimum absolute atomic E-state index is 0. The Morgan fingerprint density at radius 1 is 1.00 bits per heavy atom. The first-order valence-corrected chi connectivity index (χ1v) is 4.16. The van der Waals surface area contributed by atoms with Crippen LogP contribution < -0.4 is 18.5 Å². The third kappa shape index (κ3) is 16.0. The molecule has 19 heavy (non-hydrogen) atoms. The second-order valence-corrected chi connectivity index (χ2v) is 2.89. The summed E-state index contributed by atoms with van der Waals surface area (Å²) in [6.45, 7) is 5.25. The van der Waals surface area contributed by atoms with Gasteiger partial charge in [0.25, 0.3) is 0 Å². The van der Waals surface area contributed by atoms with Crippen LogP contribution in [-0.4, -0.2) is 43.9 Å². The molecule has 0 aromatic carbocycles. The van der Waals surface area contributed by atoms with Crippen LogP contribution in [0.1, 0.15) is 19.8 Å². The third-order valence-electron chi connectivity index (χ3n) is 1.29. The third-order valence-corrected chi connectivity index (χ3v) is 1.29. The fourth-order valence-electron chi connectivity index (χ4n) is 0.714. The largest absolute Gasteiger partial charge is 0.481 e. The van der Waals surface area contributed by atoms with Crippen molar-refractivity contribution >= 4 is 17.9 Å².